The van der Waals surface area contributed by atoms with Crippen LogP contribution in [0.4, 0.5) is 0 Å². The highest BCUT2D eigenvalue weighted by Gasteiger charge is 2.29. The Hall–Kier alpha value is -2.79. The van der Waals surface area contributed by atoms with E-state index in [0.717, 1.165) is 35.2 Å². The van der Waals surface area contributed by atoms with E-state index in [2.05, 4.69) is 10.5 Å². The van der Waals surface area contributed by atoms with Crippen LogP contribution in [-0.2, 0) is 12.8 Å². The zero-order valence-electron chi connectivity index (χ0n) is 15.4. The van der Waals surface area contributed by atoms with Crippen LogP contribution in [0.25, 0.3) is 11.0 Å². The summed E-state index contributed by atoms with van der Waals surface area (Å²) in [7, 11) is 0. The van der Waals surface area contributed by atoms with Crippen LogP contribution in [0.1, 0.15) is 46.7 Å². The van der Waals surface area contributed by atoms with E-state index in [4.69, 9.17) is 16.0 Å². The molecule has 1 aliphatic heterocycles. The van der Waals surface area contributed by atoms with Gasteiger partial charge in [-0.3, -0.25) is 0 Å². The van der Waals surface area contributed by atoms with Crippen molar-refractivity contribution in [1.29, 1.82) is 0 Å². The number of hydrogen-bond donors (Lipinski definition) is 2. The molecule has 5 nitrogen and oxygen atoms in total. The maximum atomic E-state index is 12.2. The van der Waals surface area contributed by atoms with Crippen LogP contribution in [0.2, 0.25) is 5.02 Å². The van der Waals surface area contributed by atoms with Crippen molar-refractivity contribution < 1.29 is 9.52 Å². The lowest BCUT2D eigenvalue weighted by Crippen LogP contribution is -2.11. The second kappa shape index (κ2) is 6.38. The van der Waals surface area contributed by atoms with Crippen LogP contribution in [0.15, 0.2) is 44.6 Å². The SMILES string of the molecule is Cc1cc2oc(=O)c3c(c2c(O)c1C1=NNC(c2ccccc2Cl)C1)CCC3. The summed E-state index contributed by atoms with van der Waals surface area (Å²) in [5.74, 6) is 0.150. The standard InChI is InChI=1S/C22H19ClN2O3/c1-11-9-18-20(12-6-4-7-13(12)22(27)28-18)21(26)19(11)17-10-16(24-25-17)14-5-2-3-8-15(14)23/h2-3,5,8-9,16,24,26H,4,6-7,10H2,1H3. The summed E-state index contributed by atoms with van der Waals surface area (Å²) in [5, 5.41) is 17.0. The van der Waals surface area contributed by atoms with E-state index in [9.17, 15) is 9.90 Å². The summed E-state index contributed by atoms with van der Waals surface area (Å²) in [5.41, 5.74) is 8.20. The molecule has 1 aliphatic carbocycles. The van der Waals surface area contributed by atoms with Crippen molar-refractivity contribution in [2.24, 2.45) is 5.10 Å². The van der Waals surface area contributed by atoms with E-state index < -0.39 is 0 Å². The van der Waals surface area contributed by atoms with Gasteiger partial charge in [-0.25, -0.2) is 4.79 Å². The number of nitrogens with zero attached hydrogens (tertiary/aromatic N) is 1. The number of fused-ring (bicyclic) bond motifs is 3. The van der Waals surface area contributed by atoms with Gasteiger partial charge in [0, 0.05) is 22.6 Å². The molecule has 1 aromatic heterocycles. The van der Waals surface area contributed by atoms with Crippen LogP contribution >= 0.6 is 11.6 Å². The van der Waals surface area contributed by atoms with Crippen molar-refractivity contribution in [1.82, 2.24) is 5.43 Å². The Morgan fingerprint density at radius 3 is 2.86 bits per heavy atom. The number of benzene rings is 2. The lowest BCUT2D eigenvalue weighted by molar-refractivity contribution is 0.476. The minimum atomic E-state index is -0.287. The van der Waals surface area contributed by atoms with Crippen LogP contribution in [0.3, 0.4) is 0 Å². The molecule has 28 heavy (non-hydrogen) atoms. The molecule has 3 aromatic rings. The monoisotopic (exact) mass is 394 g/mol. The van der Waals surface area contributed by atoms with Crippen molar-refractivity contribution in [2.75, 3.05) is 0 Å². The first kappa shape index (κ1) is 17.3. The minimum absolute atomic E-state index is 0.0439. The molecular weight excluding hydrogens is 376 g/mol. The molecule has 2 aliphatic rings. The molecule has 2 heterocycles. The minimum Gasteiger partial charge on any atom is -0.506 e. The zero-order chi connectivity index (χ0) is 19.4. The number of aryl methyl sites for hydroxylation is 2. The Morgan fingerprint density at radius 1 is 1.25 bits per heavy atom. The summed E-state index contributed by atoms with van der Waals surface area (Å²) >= 11 is 6.34. The summed E-state index contributed by atoms with van der Waals surface area (Å²) < 4.78 is 5.50. The Labute approximate surface area is 166 Å². The van der Waals surface area contributed by atoms with Gasteiger partial charge in [-0.15, -0.1) is 0 Å². The van der Waals surface area contributed by atoms with Gasteiger partial charge in [0.2, 0.25) is 0 Å². The molecule has 2 aromatic carbocycles. The molecule has 0 bridgehead atoms. The molecule has 0 fully saturated rings. The van der Waals surface area contributed by atoms with Gasteiger partial charge < -0.3 is 14.9 Å². The Bertz CT molecular complexity index is 1210. The Kier molecular flexibility index (Phi) is 3.95. The maximum absolute atomic E-state index is 12.2. The summed E-state index contributed by atoms with van der Waals surface area (Å²) in [4.78, 5) is 12.2. The third kappa shape index (κ3) is 2.53. The highest BCUT2D eigenvalue weighted by atomic mass is 35.5. The fraction of sp³-hybridized carbons (Fsp3) is 0.273. The van der Waals surface area contributed by atoms with E-state index in [1.807, 2.05) is 37.3 Å². The number of halogens is 1. The second-order valence-electron chi connectivity index (χ2n) is 7.46. The Balaban J connectivity index is 1.62. The topological polar surface area (TPSA) is 74.8 Å². The van der Waals surface area contributed by atoms with Gasteiger partial charge >= 0.3 is 5.63 Å². The average molecular weight is 395 g/mol. The summed E-state index contributed by atoms with van der Waals surface area (Å²) in [6.45, 7) is 1.90. The largest absolute Gasteiger partial charge is 0.506 e. The smallest absolute Gasteiger partial charge is 0.339 e. The first-order valence-electron chi connectivity index (χ1n) is 9.42. The molecule has 1 unspecified atom stereocenters. The highest BCUT2D eigenvalue weighted by Crippen LogP contribution is 2.40. The first-order chi connectivity index (χ1) is 13.5. The van der Waals surface area contributed by atoms with Gasteiger partial charge in [-0.2, -0.15) is 5.10 Å². The van der Waals surface area contributed by atoms with Gasteiger partial charge in [0.25, 0.3) is 0 Å². The van der Waals surface area contributed by atoms with Gasteiger partial charge in [0.05, 0.1) is 17.1 Å². The molecule has 1 atom stereocenters. The number of phenolic OH excluding ortho intramolecular Hbond substituents is 1. The zero-order valence-corrected chi connectivity index (χ0v) is 16.1. The molecule has 6 heteroatoms. The molecular formula is C22H19ClN2O3. The van der Waals surface area contributed by atoms with Gasteiger partial charge in [0.15, 0.2) is 0 Å². The molecule has 0 saturated carbocycles. The molecule has 0 saturated heterocycles. The van der Waals surface area contributed by atoms with Gasteiger partial charge in [0.1, 0.15) is 11.3 Å². The van der Waals surface area contributed by atoms with E-state index in [0.29, 0.717) is 40.0 Å². The highest BCUT2D eigenvalue weighted by molar-refractivity contribution is 6.31. The lowest BCUT2D eigenvalue weighted by atomic mass is 9.93. The van der Waals surface area contributed by atoms with Gasteiger partial charge in [-0.05, 0) is 55.0 Å². The van der Waals surface area contributed by atoms with E-state index >= 15 is 0 Å². The van der Waals surface area contributed by atoms with Crippen LogP contribution < -0.4 is 11.1 Å². The fourth-order valence-corrected chi connectivity index (χ4v) is 4.72. The number of rotatable bonds is 2. The number of aromatic hydroxyl groups is 1. The second-order valence-corrected chi connectivity index (χ2v) is 7.86. The van der Waals surface area contributed by atoms with Crippen molar-refractivity contribution in [2.45, 2.75) is 38.6 Å². The number of phenols is 1. The number of hydrazone groups is 1. The fourth-order valence-electron chi connectivity index (χ4n) is 4.45. The third-order valence-electron chi connectivity index (χ3n) is 5.75. The first-order valence-corrected chi connectivity index (χ1v) is 9.80. The van der Waals surface area contributed by atoms with Gasteiger partial charge in [-0.1, -0.05) is 29.8 Å². The molecule has 2 N–H and O–H groups in total. The van der Waals surface area contributed by atoms with Crippen molar-refractivity contribution in [3.8, 4) is 5.75 Å². The van der Waals surface area contributed by atoms with Crippen LogP contribution in [-0.4, -0.2) is 10.8 Å². The lowest BCUT2D eigenvalue weighted by Gasteiger charge is -2.14. The normalized spacial score (nSPS) is 18.2. The van der Waals surface area contributed by atoms with Crippen molar-refractivity contribution in [3.63, 3.8) is 0 Å². The Morgan fingerprint density at radius 2 is 2.04 bits per heavy atom. The molecule has 142 valence electrons. The summed E-state index contributed by atoms with van der Waals surface area (Å²) in [6, 6.07) is 9.47. The molecule has 0 amide bonds. The predicted molar refractivity (Wildman–Crippen MR) is 109 cm³/mol. The quantitative estimate of drug-likeness (QED) is 0.632. The van der Waals surface area contributed by atoms with E-state index in [1.165, 1.54) is 0 Å². The summed E-state index contributed by atoms with van der Waals surface area (Å²) in [6.07, 6.45) is 3.00. The predicted octanol–water partition coefficient (Wildman–Crippen LogP) is 4.39. The average Bonchev–Trinajstić information content (AvgIpc) is 3.32. The van der Waals surface area contributed by atoms with Crippen LogP contribution in [0.5, 0.6) is 5.75 Å². The van der Waals surface area contributed by atoms with Crippen molar-refractivity contribution in [3.05, 3.63) is 73.6 Å². The molecule has 5 rings (SSSR count). The van der Waals surface area contributed by atoms with E-state index in [1.54, 1.807) is 0 Å². The van der Waals surface area contributed by atoms with Crippen molar-refractivity contribution >= 4 is 28.3 Å². The van der Waals surface area contributed by atoms with E-state index in [-0.39, 0.29) is 17.4 Å². The number of hydrogen-bond acceptors (Lipinski definition) is 5. The molecule has 0 spiro atoms. The number of nitrogens with one attached hydrogen (secondary N) is 1. The van der Waals surface area contributed by atoms with Crippen LogP contribution in [0, 0.1) is 6.92 Å². The maximum Gasteiger partial charge on any atom is 0.339 e. The third-order valence-corrected chi connectivity index (χ3v) is 6.10. The molecule has 0 radical (unpaired) electrons.